The predicted octanol–water partition coefficient (Wildman–Crippen LogP) is 3.26. The summed E-state index contributed by atoms with van der Waals surface area (Å²) in [6.45, 7) is 6.98. The van der Waals surface area contributed by atoms with E-state index in [-0.39, 0.29) is 6.04 Å². The number of nitrogens with one attached hydrogen (secondary N) is 1. The number of thiazole rings is 1. The molecule has 2 aromatic heterocycles. The summed E-state index contributed by atoms with van der Waals surface area (Å²) in [6, 6.07) is 14.6. The number of hydrogen-bond acceptors (Lipinski definition) is 5. The summed E-state index contributed by atoms with van der Waals surface area (Å²) >= 11 is 7.40. The maximum absolute atomic E-state index is 5.66. The molecule has 0 fully saturated rings. The molecule has 1 unspecified atom stereocenters. The Balaban J connectivity index is 1.58. The van der Waals surface area contributed by atoms with Gasteiger partial charge in [-0.2, -0.15) is 9.36 Å². The van der Waals surface area contributed by atoms with Crippen molar-refractivity contribution in [2.75, 3.05) is 7.05 Å². The number of nitrogens with zero attached hydrogens (tertiary/aromatic N) is 5. The van der Waals surface area contributed by atoms with Gasteiger partial charge in [-0.1, -0.05) is 24.3 Å². The molecule has 8 heteroatoms. The zero-order chi connectivity index (χ0) is 19.8. The molecule has 2 atom stereocenters. The minimum Gasteiger partial charge on any atom is -0.311 e. The van der Waals surface area contributed by atoms with Gasteiger partial charge in [0.15, 0.2) is 11.7 Å². The fourth-order valence-electron chi connectivity index (χ4n) is 3.15. The molecule has 0 saturated carbocycles. The van der Waals surface area contributed by atoms with Gasteiger partial charge in [-0.3, -0.25) is 0 Å². The topological polar surface area (TPSA) is 53.0 Å². The Labute approximate surface area is 173 Å². The van der Waals surface area contributed by atoms with Crippen molar-refractivity contribution in [1.29, 1.82) is 0 Å². The first kappa shape index (κ1) is 18.9. The van der Waals surface area contributed by atoms with E-state index in [4.69, 9.17) is 17.2 Å². The monoisotopic (exact) mass is 411 g/mol. The molecule has 6 nitrogen and oxygen atoms in total. The number of quaternary nitrogens is 1. The Morgan fingerprint density at radius 1 is 1.11 bits per heavy atom. The van der Waals surface area contributed by atoms with Crippen molar-refractivity contribution < 1.29 is 4.90 Å². The Hall–Kier alpha value is -2.42. The number of benzene rings is 2. The van der Waals surface area contributed by atoms with Crippen LogP contribution in [0.2, 0.25) is 0 Å². The molecule has 28 heavy (non-hydrogen) atoms. The molecular weight excluding hydrogens is 388 g/mol. The van der Waals surface area contributed by atoms with Gasteiger partial charge in [0.2, 0.25) is 4.77 Å². The molecule has 0 radical (unpaired) electrons. The third kappa shape index (κ3) is 3.39. The van der Waals surface area contributed by atoms with Gasteiger partial charge in [-0.05, 0) is 72.7 Å². The van der Waals surface area contributed by atoms with Crippen LogP contribution in [-0.2, 0) is 6.67 Å². The largest absolute Gasteiger partial charge is 0.311 e. The van der Waals surface area contributed by atoms with Crippen LogP contribution in [0.4, 0.5) is 0 Å². The average molecular weight is 412 g/mol. The summed E-state index contributed by atoms with van der Waals surface area (Å²) in [7, 11) is 2.13. The normalized spacial score (nSPS) is 13.7. The standard InChI is InChI=1S/C20H22N6S2/c1-13-8-7-10-17(14(13)2)26-20(27)25(22-23-26)12-24(4)15(3)19-21-16-9-5-6-11-18(16)28-19/h5-11,15H,12H2,1-4H3/p+1/t15-/m0/s1. The average Bonchev–Trinajstić information content (AvgIpc) is 3.27. The maximum Gasteiger partial charge on any atom is 0.225 e. The van der Waals surface area contributed by atoms with E-state index in [0.717, 1.165) is 21.8 Å². The quantitative estimate of drug-likeness (QED) is 0.512. The molecule has 0 spiro atoms. The van der Waals surface area contributed by atoms with Crippen LogP contribution in [-0.4, -0.2) is 31.8 Å². The van der Waals surface area contributed by atoms with Gasteiger partial charge < -0.3 is 4.90 Å². The van der Waals surface area contributed by atoms with Crippen molar-refractivity contribution >= 4 is 33.8 Å². The van der Waals surface area contributed by atoms with Gasteiger partial charge >= 0.3 is 0 Å². The van der Waals surface area contributed by atoms with E-state index in [9.17, 15) is 0 Å². The Bertz CT molecular complexity index is 1160. The first-order valence-corrected chi connectivity index (χ1v) is 10.5. The van der Waals surface area contributed by atoms with Crippen LogP contribution in [0.3, 0.4) is 0 Å². The highest BCUT2D eigenvalue weighted by Gasteiger charge is 2.21. The highest BCUT2D eigenvalue weighted by atomic mass is 32.1. The van der Waals surface area contributed by atoms with Crippen LogP contribution in [0.25, 0.3) is 15.9 Å². The summed E-state index contributed by atoms with van der Waals surface area (Å²) in [6.07, 6.45) is 0. The molecule has 0 aliphatic rings. The van der Waals surface area contributed by atoms with Gasteiger partial charge in [-0.15, -0.1) is 11.3 Å². The molecule has 0 amide bonds. The third-order valence-electron chi connectivity index (χ3n) is 5.26. The van der Waals surface area contributed by atoms with E-state index in [2.05, 4.69) is 62.5 Å². The first-order valence-electron chi connectivity index (χ1n) is 9.23. The van der Waals surface area contributed by atoms with Crippen LogP contribution in [0.15, 0.2) is 42.5 Å². The fraction of sp³-hybridized carbons (Fsp3) is 0.300. The van der Waals surface area contributed by atoms with E-state index < -0.39 is 0 Å². The molecule has 0 bridgehead atoms. The molecule has 0 aliphatic heterocycles. The van der Waals surface area contributed by atoms with Crippen molar-refractivity contribution in [3.63, 3.8) is 0 Å². The van der Waals surface area contributed by atoms with E-state index in [1.165, 1.54) is 15.2 Å². The molecule has 4 aromatic rings. The molecule has 144 valence electrons. The highest BCUT2D eigenvalue weighted by molar-refractivity contribution is 7.71. The SMILES string of the molecule is Cc1cccc(-n2nnn(C[NH+](C)[C@@H](C)c3nc4ccccc4s3)c2=S)c1C. The van der Waals surface area contributed by atoms with Gasteiger partial charge in [-0.25, -0.2) is 4.98 Å². The predicted molar refractivity (Wildman–Crippen MR) is 115 cm³/mol. The Kier molecular flexibility index (Phi) is 5.09. The highest BCUT2D eigenvalue weighted by Crippen LogP contribution is 2.24. The Morgan fingerprint density at radius 2 is 1.89 bits per heavy atom. The fourth-order valence-corrected chi connectivity index (χ4v) is 4.50. The lowest BCUT2D eigenvalue weighted by atomic mass is 10.1. The number of aryl methyl sites for hydroxylation is 1. The van der Waals surface area contributed by atoms with Crippen LogP contribution in [0.1, 0.15) is 29.1 Å². The van der Waals surface area contributed by atoms with Crippen molar-refractivity contribution in [3.05, 3.63) is 63.4 Å². The van der Waals surface area contributed by atoms with Crippen LogP contribution in [0.5, 0.6) is 0 Å². The van der Waals surface area contributed by atoms with Crippen molar-refractivity contribution in [2.24, 2.45) is 0 Å². The second-order valence-electron chi connectivity index (χ2n) is 7.14. The molecule has 2 aromatic carbocycles. The lowest BCUT2D eigenvalue weighted by molar-refractivity contribution is -0.933. The number of fused-ring (bicyclic) bond motifs is 1. The second-order valence-corrected chi connectivity index (χ2v) is 8.57. The summed E-state index contributed by atoms with van der Waals surface area (Å²) in [4.78, 5) is 6.05. The number of tetrazole rings is 1. The minimum absolute atomic E-state index is 0.227. The van der Waals surface area contributed by atoms with Crippen molar-refractivity contribution in [2.45, 2.75) is 33.5 Å². The maximum atomic E-state index is 5.66. The van der Waals surface area contributed by atoms with Gasteiger partial charge in [0, 0.05) is 0 Å². The molecule has 2 heterocycles. The molecule has 0 aliphatic carbocycles. The lowest BCUT2D eigenvalue weighted by Crippen LogP contribution is -3.08. The minimum atomic E-state index is 0.227. The summed E-state index contributed by atoms with van der Waals surface area (Å²) in [5.41, 5.74) is 4.41. The van der Waals surface area contributed by atoms with Gasteiger partial charge in [0.1, 0.15) is 6.04 Å². The Morgan fingerprint density at radius 3 is 2.68 bits per heavy atom. The molecule has 1 N–H and O–H groups in total. The van der Waals surface area contributed by atoms with Gasteiger partial charge in [0.05, 0.1) is 23.0 Å². The van der Waals surface area contributed by atoms with E-state index in [1.807, 2.05) is 18.2 Å². The van der Waals surface area contributed by atoms with E-state index in [0.29, 0.717) is 11.4 Å². The number of aromatic nitrogens is 5. The summed E-state index contributed by atoms with van der Waals surface area (Å²) in [5.74, 6) is 0. The van der Waals surface area contributed by atoms with E-state index in [1.54, 1.807) is 20.7 Å². The smallest absolute Gasteiger partial charge is 0.225 e. The molecule has 4 rings (SSSR count). The van der Waals surface area contributed by atoms with Gasteiger partial charge in [0.25, 0.3) is 0 Å². The summed E-state index contributed by atoms with van der Waals surface area (Å²) < 4.78 is 5.35. The summed E-state index contributed by atoms with van der Waals surface area (Å²) in [5, 5.41) is 9.73. The van der Waals surface area contributed by atoms with E-state index >= 15 is 0 Å². The molecule has 0 saturated heterocycles. The van der Waals surface area contributed by atoms with Crippen molar-refractivity contribution in [3.8, 4) is 5.69 Å². The van der Waals surface area contributed by atoms with Crippen LogP contribution >= 0.6 is 23.6 Å². The molecular formula is C20H23N6S2+. The number of hydrogen-bond donors (Lipinski definition) is 1. The number of rotatable bonds is 5. The zero-order valence-electron chi connectivity index (χ0n) is 16.4. The second kappa shape index (κ2) is 7.54. The van der Waals surface area contributed by atoms with Crippen LogP contribution < -0.4 is 4.90 Å². The van der Waals surface area contributed by atoms with Crippen molar-refractivity contribution in [1.82, 2.24) is 24.8 Å². The first-order chi connectivity index (χ1) is 13.5. The lowest BCUT2D eigenvalue weighted by Gasteiger charge is -2.19. The third-order valence-corrected chi connectivity index (χ3v) is 6.87. The number of para-hydroxylation sites is 1. The zero-order valence-corrected chi connectivity index (χ0v) is 18.0. The van der Waals surface area contributed by atoms with Crippen LogP contribution in [0, 0.1) is 18.6 Å².